The Hall–Kier alpha value is -3.91. The average molecular weight is 480 g/mol. The summed E-state index contributed by atoms with van der Waals surface area (Å²) in [6.45, 7) is 0. The van der Waals surface area contributed by atoms with Gasteiger partial charge in [-0.3, -0.25) is 9.48 Å². The minimum absolute atomic E-state index is 0.0652. The van der Waals surface area contributed by atoms with Crippen LogP contribution in [0.5, 0.6) is 0 Å². The number of para-hydroxylation sites is 1. The van der Waals surface area contributed by atoms with E-state index < -0.39 is 17.5 Å². The molecule has 1 N–H and O–H groups in total. The topological polar surface area (TPSA) is 53.4 Å². The molecule has 172 valence electrons. The maximum Gasteiger partial charge on any atom is 0.261 e. The number of carbonyl (C=O) groups is 1. The molecule has 0 saturated heterocycles. The quantitative estimate of drug-likeness (QED) is 0.585. The number of anilines is 1. The highest BCUT2D eigenvalue weighted by Gasteiger charge is 2.28. The number of aromatic nitrogens is 2. The van der Waals surface area contributed by atoms with Crippen LogP contribution in [-0.4, -0.2) is 33.8 Å². The molecule has 0 saturated carbocycles. The first-order valence-corrected chi connectivity index (χ1v) is 10.9. The number of carbonyl (C=O) groups excluding carboxylic acids is 1. The van der Waals surface area contributed by atoms with Crippen molar-refractivity contribution >= 4 is 34.5 Å². The highest BCUT2D eigenvalue weighted by atomic mass is 35.5. The SMILES string of the molecule is CN(C(=O)c1ccc(C2=CNC3C=CC(c4cnn(C)c4)=CN23)cc1F)c1c(F)cccc1Cl. The van der Waals surface area contributed by atoms with Gasteiger partial charge in [0.15, 0.2) is 0 Å². The van der Waals surface area contributed by atoms with Gasteiger partial charge in [0.1, 0.15) is 17.8 Å². The van der Waals surface area contributed by atoms with E-state index >= 15 is 4.39 Å². The van der Waals surface area contributed by atoms with E-state index in [9.17, 15) is 9.18 Å². The first-order valence-electron chi connectivity index (χ1n) is 10.5. The first-order chi connectivity index (χ1) is 16.3. The Bertz CT molecular complexity index is 1370. The Morgan fingerprint density at radius 1 is 1.18 bits per heavy atom. The number of allylic oxidation sites excluding steroid dienone is 2. The Morgan fingerprint density at radius 3 is 2.71 bits per heavy atom. The van der Waals surface area contributed by atoms with Gasteiger partial charge in [-0.1, -0.05) is 29.8 Å². The summed E-state index contributed by atoms with van der Waals surface area (Å²) in [6.07, 6.45) is 11.4. The number of benzene rings is 2. The van der Waals surface area contributed by atoms with Crippen molar-refractivity contribution in [2.24, 2.45) is 7.05 Å². The molecule has 0 fully saturated rings. The van der Waals surface area contributed by atoms with Crippen LogP contribution in [0.15, 0.2) is 73.3 Å². The summed E-state index contributed by atoms with van der Waals surface area (Å²) in [6, 6.07) is 8.47. The number of hydrogen-bond donors (Lipinski definition) is 1. The molecule has 2 aliphatic rings. The third-order valence-electron chi connectivity index (χ3n) is 5.82. The monoisotopic (exact) mass is 479 g/mol. The molecule has 1 unspecified atom stereocenters. The highest BCUT2D eigenvalue weighted by Crippen LogP contribution is 2.33. The second kappa shape index (κ2) is 8.46. The van der Waals surface area contributed by atoms with Crippen molar-refractivity contribution in [3.05, 3.63) is 107 Å². The summed E-state index contributed by atoms with van der Waals surface area (Å²) < 4.78 is 31.1. The number of nitrogens with one attached hydrogen (secondary N) is 1. The van der Waals surface area contributed by atoms with Crippen LogP contribution in [0.2, 0.25) is 5.02 Å². The number of hydrogen-bond acceptors (Lipinski definition) is 4. The summed E-state index contributed by atoms with van der Waals surface area (Å²) >= 11 is 6.07. The van der Waals surface area contributed by atoms with Gasteiger partial charge in [-0.05, 0) is 30.3 Å². The summed E-state index contributed by atoms with van der Waals surface area (Å²) in [5, 5.41) is 7.53. The molecule has 1 amide bonds. The molecule has 2 aromatic carbocycles. The highest BCUT2D eigenvalue weighted by molar-refractivity contribution is 6.34. The second-order valence-electron chi connectivity index (χ2n) is 8.02. The lowest BCUT2D eigenvalue weighted by Gasteiger charge is -2.27. The van der Waals surface area contributed by atoms with E-state index in [2.05, 4.69) is 10.4 Å². The van der Waals surface area contributed by atoms with Gasteiger partial charge in [0, 0.05) is 49.4 Å². The molecule has 6 nitrogen and oxygen atoms in total. The number of halogens is 3. The minimum atomic E-state index is -0.713. The number of amides is 1. The summed E-state index contributed by atoms with van der Waals surface area (Å²) in [7, 11) is 3.21. The van der Waals surface area contributed by atoms with E-state index in [1.165, 1.54) is 37.4 Å². The van der Waals surface area contributed by atoms with E-state index in [4.69, 9.17) is 11.6 Å². The Balaban J connectivity index is 1.42. The van der Waals surface area contributed by atoms with E-state index in [0.29, 0.717) is 5.56 Å². The predicted octanol–water partition coefficient (Wildman–Crippen LogP) is 4.77. The largest absolute Gasteiger partial charge is 0.366 e. The van der Waals surface area contributed by atoms with Crippen molar-refractivity contribution in [2.75, 3.05) is 11.9 Å². The third-order valence-corrected chi connectivity index (χ3v) is 6.12. The summed E-state index contributed by atoms with van der Waals surface area (Å²) in [5.74, 6) is -2.08. The van der Waals surface area contributed by atoms with Crippen molar-refractivity contribution < 1.29 is 13.6 Å². The van der Waals surface area contributed by atoms with Crippen molar-refractivity contribution in [1.82, 2.24) is 20.0 Å². The van der Waals surface area contributed by atoms with Crippen molar-refractivity contribution in [1.29, 1.82) is 0 Å². The lowest BCUT2D eigenvalue weighted by atomic mass is 10.0. The molecule has 2 aliphatic heterocycles. The normalized spacial score (nSPS) is 16.6. The fraction of sp³-hybridized carbons (Fsp3) is 0.120. The van der Waals surface area contributed by atoms with Crippen LogP contribution < -0.4 is 10.2 Å². The van der Waals surface area contributed by atoms with E-state index in [-0.39, 0.29) is 22.4 Å². The lowest BCUT2D eigenvalue weighted by molar-refractivity contribution is 0.0988. The van der Waals surface area contributed by atoms with Gasteiger partial charge in [0.25, 0.3) is 5.91 Å². The van der Waals surface area contributed by atoms with E-state index in [1.54, 1.807) is 23.1 Å². The molecular weight excluding hydrogens is 460 g/mol. The molecule has 3 aromatic rings. The zero-order chi connectivity index (χ0) is 24.0. The second-order valence-corrected chi connectivity index (χ2v) is 8.43. The van der Waals surface area contributed by atoms with Crippen LogP contribution in [0.1, 0.15) is 21.5 Å². The van der Waals surface area contributed by atoms with Crippen LogP contribution in [0.4, 0.5) is 14.5 Å². The molecule has 3 heterocycles. The maximum absolute atomic E-state index is 15.1. The van der Waals surface area contributed by atoms with Crippen LogP contribution in [0.3, 0.4) is 0 Å². The van der Waals surface area contributed by atoms with Crippen molar-refractivity contribution in [3.8, 4) is 0 Å². The third kappa shape index (κ3) is 3.76. The molecule has 0 bridgehead atoms. The Labute approximate surface area is 200 Å². The number of nitrogens with zero attached hydrogens (tertiary/aromatic N) is 4. The molecule has 1 aromatic heterocycles. The standard InChI is InChI=1S/C25H20ClF2N5O/c1-31-13-17(11-30-31)16-7-9-23-29-12-22(33(23)14-16)15-6-8-18(21(28)10-15)25(34)32(2)24-19(26)4-3-5-20(24)27/h3-14,23,29H,1-2H3. The maximum atomic E-state index is 15.1. The molecule has 0 radical (unpaired) electrons. The first kappa shape index (κ1) is 21.9. The molecule has 0 aliphatic carbocycles. The number of rotatable bonds is 4. The molecule has 34 heavy (non-hydrogen) atoms. The fourth-order valence-electron chi connectivity index (χ4n) is 4.07. The molecular formula is C25H20ClF2N5O. The summed E-state index contributed by atoms with van der Waals surface area (Å²) in [4.78, 5) is 15.9. The number of aryl methyl sites for hydroxylation is 1. The fourth-order valence-corrected chi connectivity index (χ4v) is 4.36. The smallest absolute Gasteiger partial charge is 0.261 e. The zero-order valence-electron chi connectivity index (χ0n) is 18.3. The molecule has 0 spiro atoms. The average Bonchev–Trinajstić information content (AvgIpc) is 3.44. The van der Waals surface area contributed by atoms with Crippen molar-refractivity contribution in [3.63, 3.8) is 0 Å². The van der Waals surface area contributed by atoms with Gasteiger partial charge in [-0.2, -0.15) is 5.10 Å². The van der Waals surface area contributed by atoms with Gasteiger partial charge in [-0.15, -0.1) is 0 Å². The van der Waals surface area contributed by atoms with Crippen LogP contribution in [0.25, 0.3) is 11.3 Å². The van der Waals surface area contributed by atoms with Crippen LogP contribution in [0, 0.1) is 11.6 Å². The Morgan fingerprint density at radius 2 is 2.00 bits per heavy atom. The van der Waals surface area contributed by atoms with Gasteiger partial charge in [0.2, 0.25) is 0 Å². The predicted molar refractivity (Wildman–Crippen MR) is 128 cm³/mol. The summed E-state index contributed by atoms with van der Waals surface area (Å²) in [5.41, 5.74) is 2.99. The molecule has 1 atom stereocenters. The van der Waals surface area contributed by atoms with Gasteiger partial charge in [-0.25, -0.2) is 8.78 Å². The number of fused-ring (bicyclic) bond motifs is 1. The van der Waals surface area contributed by atoms with E-state index in [1.807, 2.05) is 36.5 Å². The minimum Gasteiger partial charge on any atom is -0.366 e. The van der Waals surface area contributed by atoms with Crippen LogP contribution >= 0.6 is 11.6 Å². The lowest BCUT2D eigenvalue weighted by Crippen LogP contribution is -2.32. The van der Waals surface area contributed by atoms with Crippen LogP contribution in [-0.2, 0) is 7.05 Å². The molecule has 5 rings (SSSR count). The van der Waals surface area contributed by atoms with Gasteiger partial charge in [0.05, 0.1) is 28.2 Å². The zero-order valence-corrected chi connectivity index (χ0v) is 19.1. The van der Waals surface area contributed by atoms with Gasteiger partial charge >= 0.3 is 0 Å². The molecule has 9 heteroatoms. The van der Waals surface area contributed by atoms with Crippen molar-refractivity contribution in [2.45, 2.75) is 6.17 Å². The van der Waals surface area contributed by atoms with Gasteiger partial charge < -0.3 is 15.1 Å². The Kier molecular flexibility index (Phi) is 5.45. The van der Waals surface area contributed by atoms with E-state index in [0.717, 1.165) is 21.7 Å².